The fourth-order valence-electron chi connectivity index (χ4n) is 1.72. The van der Waals surface area contributed by atoms with Gasteiger partial charge in [0.15, 0.2) is 0 Å². The zero-order chi connectivity index (χ0) is 16.4. The second kappa shape index (κ2) is 7.15. The average molecular weight is 392 g/mol. The Hall–Kier alpha value is 0.150. The molecule has 0 saturated heterocycles. The normalized spacial score (nSPS) is 12.8. The van der Waals surface area contributed by atoms with Gasteiger partial charge in [-0.1, -0.05) is 59.9 Å². The van der Waals surface area contributed by atoms with Gasteiger partial charge in [0.05, 0.1) is 5.69 Å². The molecule has 1 rings (SSSR count). The lowest BCUT2D eigenvalue weighted by Crippen LogP contribution is -2.38. The van der Waals surface area contributed by atoms with Crippen molar-refractivity contribution in [3.05, 3.63) is 29.3 Å². The molecule has 0 aliphatic rings. The number of anilines is 1. The van der Waals surface area contributed by atoms with Crippen molar-refractivity contribution in [2.24, 2.45) is 0 Å². The molecule has 0 aliphatic carbocycles. The van der Waals surface area contributed by atoms with Gasteiger partial charge < -0.3 is 0 Å². The summed E-state index contributed by atoms with van der Waals surface area (Å²) in [6, 6.07) is 5.56. The third-order valence-electron chi connectivity index (χ3n) is 2.74. The van der Waals surface area contributed by atoms with Gasteiger partial charge in [-0.2, -0.15) is 16.4 Å². The van der Waals surface area contributed by atoms with E-state index < -0.39 is 13.3 Å². The third-order valence-corrected chi connectivity index (χ3v) is 6.23. The first-order chi connectivity index (χ1) is 9.50. The van der Waals surface area contributed by atoms with E-state index in [0.717, 1.165) is 19.1 Å². The Morgan fingerprint density at radius 1 is 1.24 bits per heavy atom. The van der Waals surface area contributed by atoms with Gasteiger partial charge in [0.1, 0.15) is 0 Å². The first-order valence-electron chi connectivity index (χ1n) is 6.07. The zero-order valence-corrected chi connectivity index (χ0v) is 16.0. The van der Waals surface area contributed by atoms with Crippen LogP contribution >= 0.6 is 46.8 Å². The summed E-state index contributed by atoms with van der Waals surface area (Å²) in [5.74, 6) is 0. The second-order valence-corrected chi connectivity index (χ2v) is 10.8. The number of para-hydroxylation sites is 1. The number of halogens is 3. The molecule has 0 N–H and O–H groups in total. The lowest BCUT2D eigenvalue weighted by Gasteiger charge is -2.30. The van der Waals surface area contributed by atoms with E-state index in [-0.39, 0.29) is 0 Å². The minimum atomic E-state index is -3.80. The molecule has 0 spiro atoms. The number of alkyl halides is 3. The van der Waals surface area contributed by atoms with Crippen LogP contribution < -0.4 is 3.71 Å². The van der Waals surface area contributed by atoms with Gasteiger partial charge in [0, 0.05) is 26.0 Å². The molecule has 0 fully saturated rings. The predicted octanol–water partition coefficient (Wildman–Crippen LogP) is 4.15. The molecule has 4 nitrogen and oxygen atoms in total. The summed E-state index contributed by atoms with van der Waals surface area (Å²) < 4.78 is 25.5. The van der Waals surface area contributed by atoms with Crippen molar-refractivity contribution < 1.29 is 8.42 Å². The number of rotatable bonds is 5. The van der Waals surface area contributed by atoms with E-state index in [1.807, 2.05) is 32.0 Å². The van der Waals surface area contributed by atoms with Crippen LogP contribution in [-0.2, 0) is 16.6 Å². The molecule has 0 saturated carbocycles. The molecule has 0 aromatic heterocycles. The molecule has 21 heavy (non-hydrogen) atoms. The molecule has 9 heteroatoms. The van der Waals surface area contributed by atoms with Gasteiger partial charge >= 0.3 is 10.2 Å². The van der Waals surface area contributed by atoms with Crippen LogP contribution in [0.1, 0.15) is 18.1 Å². The van der Waals surface area contributed by atoms with Crippen LogP contribution in [0.25, 0.3) is 0 Å². The minimum Gasteiger partial charge on any atom is -0.194 e. The highest BCUT2D eigenvalue weighted by Gasteiger charge is 2.36. The molecule has 1 aromatic rings. The maximum Gasteiger partial charge on any atom is 0.313 e. The Morgan fingerprint density at radius 2 is 1.81 bits per heavy atom. The van der Waals surface area contributed by atoms with Crippen molar-refractivity contribution in [3.63, 3.8) is 0 Å². The fourth-order valence-corrected chi connectivity index (χ4v) is 5.15. The number of hydrogen-bond acceptors (Lipinski definition) is 3. The van der Waals surface area contributed by atoms with E-state index in [0.29, 0.717) is 24.1 Å². The highest BCUT2D eigenvalue weighted by atomic mass is 35.6. The van der Waals surface area contributed by atoms with E-state index in [1.165, 1.54) is 14.1 Å². The van der Waals surface area contributed by atoms with Gasteiger partial charge in [0.25, 0.3) is 3.12 Å². The van der Waals surface area contributed by atoms with E-state index in [2.05, 4.69) is 0 Å². The van der Waals surface area contributed by atoms with Crippen molar-refractivity contribution in [2.45, 2.75) is 23.4 Å². The van der Waals surface area contributed by atoms with E-state index in [9.17, 15) is 8.42 Å². The Kier molecular flexibility index (Phi) is 6.54. The molecular weight excluding hydrogens is 375 g/mol. The maximum atomic E-state index is 12.6. The van der Waals surface area contributed by atoms with Crippen molar-refractivity contribution in [2.75, 3.05) is 17.8 Å². The molecule has 1 aromatic carbocycles. The zero-order valence-electron chi connectivity index (χ0n) is 12.1. The monoisotopic (exact) mass is 390 g/mol. The van der Waals surface area contributed by atoms with E-state index in [1.54, 1.807) is 0 Å². The van der Waals surface area contributed by atoms with Gasteiger partial charge in [-0.05, 0) is 24.5 Å². The summed E-state index contributed by atoms with van der Waals surface area (Å²) in [6.07, 6.45) is 0.664. The van der Waals surface area contributed by atoms with Crippen LogP contribution in [0.4, 0.5) is 5.69 Å². The number of aryl methyl sites for hydroxylation is 2. The highest BCUT2D eigenvalue weighted by Crippen LogP contribution is 2.46. The van der Waals surface area contributed by atoms with Gasteiger partial charge in [-0.25, -0.2) is 0 Å². The summed E-state index contributed by atoms with van der Waals surface area (Å²) in [7, 11) is -0.933. The molecule has 0 unspecified atom stereocenters. The molecule has 0 amide bonds. The van der Waals surface area contributed by atoms with Gasteiger partial charge in [-0.3, -0.25) is 0 Å². The first kappa shape index (κ1) is 19.2. The van der Waals surface area contributed by atoms with Crippen molar-refractivity contribution in [1.82, 2.24) is 4.31 Å². The minimum absolute atomic E-state index is 0.532. The fraction of sp³-hybridized carbons (Fsp3) is 0.500. The summed E-state index contributed by atoms with van der Waals surface area (Å²) in [5, 5.41) is 0. The highest BCUT2D eigenvalue weighted by molar-refractivity contribution is 8.16. The lowest BCUT2D eigenvalue weighted by atomic mass is 10.1. The summed E-state index contributed by atoms with van der Waals surface area (Å²) >= 11 is 18.1. The lowest BCUT2D eigenvalue weighted by molar-refractivity contribution is 0.523. The molecule has 0 heterocycles. The standard InChI is InChI=1S/C12H17Cl3N2O2S2/c1-5-10-8-6-7-9(2)11(10)17(20-12(13,14)15)21(18,19)16(3)4/h6-8H,5H2,1-4H3. The molecule has 0 aliphatic heterocycles. The molecule has 120 valence electrons. The van der Waals surface area contributed by atoms with E-state index in [4.69, 9.17) is 34.8 Å². The van der Waals surface area contributed by atoms with Gasteiger partial charge in [0.2, 0.25) is 0 Å². The molecule has 0 bridgehead atoms. The van der Waals surface area contributed by atoms with Crippen molar-refractivity contribution in [1.29, 1.82) is 0 Å². The largest absolute Gasteiger partial charge is 0.313 e. The maximum absolute atomic E-state index is 12.6. The van der Waals surface area contributed by atoms with Crippen molar-refractivity contribution in [3.8, 4) is 0 Å². The number of benzene rings is 1. The van der Waals surface area contributed by atoms with Crippen molar-refractivity contribution >= 4 is 62.6 Å². The second-order valence-electron chi connectivity index (χ2n) is 4.49. The Labute approximate surface area is 145 Å². The summed E-state index contributed by atoms with van der Waals surface area (Å²) in [5.41, 5.74) is 2.19. The van der Waals surface area contributed by atoms with E-state index >= 15 is 0 Å². The van der Waals surface area contributed by atoms with Crippen LogP contribution in [0, 0.1) is 6.92 Å². The number of nitrogens with zero attached hydrogens (tertiary/aromatic N) is 2. The quantitative estimate of drug-likeness (QED) is 0.559. The summed E-state index contributed by atoms with van der Waals surface area (Å²) in [6.45, 7) is 3.77. The van der Waals surface area contributed by atoms with Crippen LogP contribution in [0.5, 0.6) is 0 Å². The van der Waals surface area contributed by atoms with Crippen LogP contribution in [0.2, 0.25) is 0 Å². The third kappa shape index (κ3) is 4.81. The SMILES string of the molecule is CCc1cccc(C)c1N(SC(Cl)(Cl)Cl)S(=O)(=O)N(C)C. The predicted molar refractivity (Wildman–Crippen MR) is 93.5 cm³/mol. The average Bonchev–Trinajstić information content (AvgIpc) is 2.34. The molecular formula is C12H17Cl3N2O2S2. The summed E-state index contributed by atoms with van der Waals surface area (Å²) in [4.78, 5) is 0. The first-order valence-corrected chi connectivity index (χ1v) is 9.38. The van der Waals surface area contributed by atoms with Crippen LogP contribution in [-0.4, -0.2) is 29.9 Å². The van der Waals surface area contributed by atoms with Gasteiger partial charge in [-0.15, -0.1) is 0 Å². The Bertz CT molecular complexity index is 601. The topological polar surface area (TPSA) is 40.6 Å². The van der Waals surface area contributed by atoms with Crippen LogP contribution in [0.3, 0.4) is 0 Å². The molecule has 0 atom stereocenters. The Balaban J connectivity index is 3.53. The van der Waals surface area contributed by atoms with Crippen LogP contribution in [0.15, 0.2) is 18.2 Å². The molecule has 0 radical (unpaired) electrons. The smallest absolute Gasteiger partial charge is 0.194 e. The Morgan fingerprint density at radius 3 is 2.24 bits per heavy atom. The number of hydrogen-bond donors (Lipinski definition) is 0.